The third-order valence-electron chi connectivity index (χ3n) is 3.00. The normalized spacial score (nSPS) is 12.5. The number of carbonyl (C=O) groups is 1. The third-order valence-corrected chi connectivity index (χ3v) is 3.00. The summed E-state index contributed by atoms with van der Waals surface area (Å²) in [6.45, 7) is 1.24. The van der Waals surface area contributed by atoms with E-state index in [0.29, 0.717) is 12.0 Å². The molecule has 1 aromatic carbocycles. The Morgan fingerprint density at radius 1 is 1.32 bits per heavy atom. The number of carboxylic acid groups (broad SMARTS) is 1. The number of ether oxygens (including phenoxy) is 2. The Morgan fingerprint density at radius 2 is 2.00 bits per heavy atom. The van der Waals surface area contributed by atoms with E-state index < -0.39 is 18.6 Å². The maximum atomic E-state index is 12.2. The zero-order valence-electron chi connectivity index (χ0n) is 12.8. The van der Waals surface area contributed by atoms with Crippen LogP contribution in [0.25, 0.3) is 0 Å². The third kappa shape index (κ3) is 5.85. The Bertz CT molecular complexity index is 494. The molecule has 0 radical (unpaired) electrons. The molecule has 0 aliphatic heterocycles. The van der Waals surface area contributed by atoms with E-state index in [1.54, 1.807) is 12.1 Å². The monoisotopic (exact) mass is 317 g/mol. The smallest absolute Gasteiger partial charge is 0.387 e. The second-order valence-corrected chi connectivity index (χ2v) is 5.26. The van der Waals surface area contributed by atoms with E-state index in [1.165, 1.54) is 13.2 Å². The van der Waals surface area contributed by atoms with E-state index >= 15 is 0 Å². The van der Waals surface area contributed by atoms with Gasteiger partial charge in [0, 0.05) is 6.54 Å². The Morgan fingerprint density at radius 3 is 2.50 bits per heavy atom. The second-order valence-electron chi connectivity index (χ2n) is 5.26. The number of halogens is 2. The molecule has 0 amide bonds. The van der Waals surface area contributed by atoms with Gasteiger partial charge in [0.15, 0.2) is 11.5 Å². The maximum absolute atomic E-state index is 12.2. The van der Waals surface area contributed by atoms with Gasteiger partial charge in [0.1, 0.15) is 6.04 Å². The topological polar surface area (TPSA) is 67.8 Å². The average Bonchev–Trinajstić information content (AvgIpc) is 2.43. The van der Waals surface area contributed by atoms with Crippen molar-refractivity contribution in [2.45, 2.75) is 39.5 Å². The molecular formula is C15H21F2NO4. The van der Waals surface area contributed by atoms with Gasteiger partial charge < -0.3 is 19.9 Å². The lowest BCUT2D eigenvalue weighted by Crippen LogP contribution is -2.37. The summed E-state index contributed by atoms with van der Waals surface area (Å²) in [4.78, 5) is 11.2. The number of benzene rings is 1. The summed E-state index contributed by atoms with van der Waals surface area (Å²) in [6.07, 6.45) is 0.499. The molecule has 0 aliphatic rings. The first-order chi connectivity index (χ1) is 10.3. The van der Waals surface area contributed by atoms with Crippen molar-refractivity contribution >= 4 is 5.97 Å². The van der Waals surface area contributed by atoms with Crippen LogP contribution >= 0.6 is 0 Å². The lowest BCUT2D eigenvalue weighted by Gasteiger charge is -2.17. The number of aliphatic carboxylic acids is 1. The van der Waals surface area contributed by atoms with Crippen LogP contribution in [0.1, 0.15) is 25.8 Å². The van der Waals surface area contributed by atoms with Crippen LogP contribution in [-0.2, 0) is 11.3 Å². The second kappa shape index (κ2) is 8.53. The van der Waals surface area contributed by atoms with Gasteiger partial charge in [0.2, 0.25) is 0 Å². The lowest BCUT2D eigenvalue weighted by atomic mass is 10.0. The van der Waals surface area contributed by atoms with Crippen LogP contribution in [0, 0.1) is 5.92 Å². The molecule has 2 N–H and O–H groups in total. The molecule has 22 heavy (non-hydrogen) atoms. The van der Waals surface area contributed by atoms with Crippen molar-refractivity contribution in [1.82, 2.24) is 5.32 Å². The van der Waals surface area contributed by atoms with Crippen LogP contribution in [0.4, 0.5) is 8.78 Å². The Hall–Kier alpha value is -1.89. The molecule has 0 aromatic heterocycles. The predicted octanol–water partition coefficient (Wildman–Crippen LogP) is 2.89. The predicted molar refractivity (Wildman–Crippen MR) is 77.3 cm³/mol. The van der Waals surface area contributed by atoms with Gasteiger partial charge in [-0.15, -0.1) is 0 Å². The summed E-state index contributed by atoms with van der Waals surface area (Å²) in [7, 11) is 1.35. The van der Waals surface area contributed by atoms with Crippen LogP contribution < -0.4 is 14.8 Å². The summed E-state index contributed by atoms with van der Waals surface area (Å²) >= 11 is 0. The van der Waals surface area contributed by atoms with Crippen molar-refractivity contribution in [2.24, 2.45) is 5.92 Å². The first-order valence-corrected chi connectivity index (χ1v) is 6.91. The van der Waals surface area contributed by atoms with E-state index in [2.05, 4.69) is 10.1 Å². The van der Waals surface area contributed by atoms with E-state index in [4.69, 9.17) is 9.84 Å². The van der Waals surface area contributed by atoms with Crippen LogP contribution in [0.2, 0.25) is 0 Å². The fraction of sp³-hybridized carbons (Fsp3) is 0.533. The number of nitrogens with one attached hydrogen (secondary N) is 1. The molecular weight excluding hydrogens is 296 g/mol. The van der Waals surface area contributed by atoms with Gasteiger partial charge >= 0.3 is 12.6 Å². The first kappa shape index (κ1) is 18.2. The Labute approximate surface area is 128 Å². The molecule has 0 saturated heterocycles. The first-order valence-electron chi connectivity index (χ1n) is 6.91. The van der Waals surface area contributed by atoms with Crippen LogP contribution in [0.5, 0.6) is 11.5 Å². The summed E-state index contributed by atoms with van der Waals surface area (Å²) in [5, 5.41) is 12.1. The van der Waals surface area contributed by atoms with Crippen LogP contribution in [-0.4, -0.2) is 30.8 Å². The van der Waals surface area contributed by atoms with E-state index in [1.807, 2.05) is 13.8 Å². The summed E-state index contributed by atoms with van der Waals surface area (Å²) in [5.41, 5.74) is 0.716. The Kier molecular flexibility index (Phi) is 7.04. The van der Waals surface area contributed by atoms with E-state index in [9.17, 15) is 13.6 Å². The minimum atomic E-state index is -2.93. The van der Waals surface area contributed by atoms with Crippen molar-refractivity contribution in [2.75, 3.05) is 7.11 Å². The molecule has 1 rings (SSSR count). The highest BCUT2D eigenvalue weighted by molar-refractivity contribution is 5.73. The van der Waals surface area contributed by atoms with Crippen molar-refractivity contribution in [3.63, 3.8) is 0 Å². The lowest BCUT2D eigenvalue weighted by molar-refractivity contribution is -0.140. The minimum Gasteiger partial charge on any atom is -0.493 e. The molecule has 1 unspecified atom stereocenters. The van der Waals surface area contributed by atoms with Crippen molar-refractivity contribution in [1.29, 1.82) is 0 Å². The summed E-state index contributed by atoms with van der Waals surface area (Å²) in [5.74, 6) is -0.558. The fourth-order valence-electron chi connectivity index (χ4n) is 2.00. The molecule has 5 nitrogen and oxygen atoms in total. The average molecular weight is 317 g/mol. The number of hydrogen-bond donors (Lipinski definition) is 2. The molecule has 0 heterocycles. The number of methoxy groups -OCH3 is 1. The van der Waals surface area contributed by atoms with Crippen molar-refractivity contribution in [3.05, 3.63) is 23.8 Å². The highest BCUT2D eigenvalue weighted by Gasteiger charge is 2.18. The van der Waals surface area contributed by atoms with Crippen LogP contribution in [0.3, 0.4) is 0 Å². The molecule has 0 saturated carbocycles. The van der Waals surface area contributed by atoms with Gasteiger partial charge in [-0.3, -0.25) is 4.79 Å². The number of hydrogen-bond acceptors (Lipinski definition) is 4. The molecule has 0 aliphatic carbocycles. The van der Waals surface area contributed by atoms with Gasteiger partial charge in [0.25, 0.3) is 0 Å². The summed E-state index contributed by atoms with van der Waals surface area (Å²) < 4.78 is 33.8. The zero-order chi connectivity index (χ0) is 16.7. The number of alkyl halides is 2. The molecule has 7 heteroatoms. The van der Waals surface area contributed by atoms with Gasteiger partial charge in [-0.25, -0.2) is 0 Å². The fourth-order valence-corrected chi connectivity index (χ4v) is 2.00. The highest BCUT2D eigenvalue weighted by atomic mass is 19.3. The largest absolute Gasteiger partial charge is 0.493 e. The number of rotatable bonds is 9. The quantitative estimate of drug-likeness (QED) is 0.733. The summed E-state index contributed by atoms with van der Waals surface area (Å²) in [6, 6.07) is 3.84. The van der Waals surface area contributed by atoms with Crippen molar-refractivity contribution < 1.29 is 28.2 Å². The molecule has 1 aromatic rings. The van der Waals surface area contributed by atoms with Gasteiger partial charge in [-0.2, -0.15) is 8.78 Å². The van der Waals surface area contributed by atoms with E-state index in [-0.39, 0.29) is 24.0 Å². The SMILES string of the molecule is COc1cc(CNC(CC(C)C)C(=O)O)ccc1OC(F)F. The molecule has 0 spiro atoms. The van der Waals surface area contributed by atoms with Gasteiger partial charge in [0.05, 0.1) is 7.11 Å². The van der Waals surface area contributed by atoms with E-state index in [0.717, 1.165) is 0 Å². The molecule has 0 bridgehead atoms. The standard InChI is InChI=1S/C15H21F2NO4/c1-9(2)6-11(14(19)20)18-8-10-4-5-12(22-15(16)17)13(7-10)21-3/h4-5,7,9,11,15,18H,6,8H2,1-3H3,(H,19,20). The number of carboxylic acids is 1. The van der Waals surface area contributed by atoms with Crippen molar-refractivity contribution in [3.8, 4) is 11.5 Å². The molecule has 0 fully saturated rings. The zero-order valence-corrected chi connectivity index (χ0v) is 12.8. The Balaban J connectivity index is 2.74. The van der Waals surface area contributed by atoms with Gasteiger partial charge in [-0.1, -0.05) is 19.9 Å². The molecule has 1 atom stereocenters. The molecule has 124 valence electrons. The van der Waals surface area contributed by atoms with Crippen LogP contribution in [0.15, 0.2) is 18.2 Å². The van der Waals surface area contributed by atoms with Gasteiger partial charge in [-0.05, 0) is 30.0 Å². The highest BCUT2D eigenvalue weighted by Crippen LogP contribution is 2.29. The minimum absolute atomic E-state index is 0.0572. The maximum Gasteiger partial charge on any atom is 0.387 e.